The molecule has 1 fully saturated rings. The van der Waals surface area contributed by atoms with Gasteiger partial charge in [0.1, 0.15) is 17.5 Å². The number of anilines is 2. The lowest BCUT2D eigenvalue weighted by molar-refractivity contribution is 0.300. The van der Waals surface area contributed by atoms with E-state index >= 15 is 0 Å². The number of rotatable bonds is 4. The number of aromatic nitrogens is 2. The second-order valence-corrected chi connectivity index (χ2v) is 5.86. The van der Waals surface area contributed by atoms with Gasteiger partial charge < -0.3 is 11.1 Å². The molecule has 0 radical (unpaired) electrons. The minimum absolute atomic E-state index is 0.603. The Bertz CT molecular complexity index is 422. The van der Waals surface area contributed by atoms with E-state index in [4.69, 9.17) is 5.73 Å². The lowest BCUT2D eigenvalue weighted by Gasteiger charge is -2.26. The Balaban J connectivity index is 1.97. The van der Waals surface area contributed by atoms with Gasteiger partial charge in [-0.1, -0.05) is 26.7 Å². The van der Waals surface area contributed by atoms with Crippen molar-refractivity contribution in [2.75, 3.05) is 17.6 Å². The number of nitrogens with one attached hydrogen (secondary N) is 1. The zero-order valence-corrected chi connectivity index (χ0v) is 12.4. The van der Waals surface area contributed by atoms with E-state index in [0.717, 1.165) is 42.0 Å². The van der Waals surface area contributed by atoms with Crippen LogP contribution in [-0.4, -0.2) is 16.5 Å². The van der Waals surface area contributed by atoms with Crippen LogP contribution in [-0.2, 0) is 6.42 Å². The monoisotopic (exact) mass is 262 g/mol. The number of hydrogen-bond acceptors (Lipinski definition) is 4. The van der Waals surface area contributed by atoms with Crippen molar-refractivity contribution in [3.8, 4) is 0 Å². The van der Waals surface area contributed by atoms with Crippen LogP contribution in [0.1, 0.15) is 50.9 Å². The van der Waals surface area contributed by atoms with Gasteiger partial charge in [0.15, 0.2) is 0 Å². The van der Waals surface area contributed by atoms with Gasteiger partial charge in [-0.05, 0) is 31.6 Å². The summed E-state index contributed by atoms with van der Waals surface area (Å²) >= 11 is 0. The van der Waals surface area contributed by atoms with Crippen LogP contribution in [0.2, 0.25) is 0 Å². The molecule has 0 bridgehead atoms. The minimum atomic E-state index is 0.603. The minimum Gasteiger partial charge on any atom is -0.383 e. The van der Waals surface area contributed by atoms with Gasteiger partial charge in [0.05, 0.1) is 0 Å². The molecule has 1 saturated carbocycles. The fourth-order valence-corrected chi connectivity index (χ4v) is 2.69. The van der Waals surface area contributed by atoms with Crippen molar-refractivity contribution in [3.63, 3.8) is 0 Å². The molecule has 4 heteroatoms. The highest BCUT2D eigenvalue weighted by molar-refractivity contribution is 5.54. The molecule has 1 aromatic heterocycles. The highest BCUT2D eigenvalue weighted by atomic mass is 15.1. The van der Waals surface area contributed by atoms with Gasteiger partial charge >= 0.3 is 0 Å². The molecular weight excluding hydrogens is 236 g/mol. The molecule has 0 aromatic carbocycles. The van der Waals surface area contributed by atoms with Crippen molar-refractivity contribution in [2.45, 2.75) is 52.9 Å². The number of aryl methyl sites for hydroxylation is 1. The van der Waals surface area contributed by atoms with Gasteiger partial charge in [-0.3, -0.25) is 0 Å². The first-order valence-corrected chi connectivity index (χ1v) is 7.47. The van der Waals surface area contributed by atoms with Gasteiger partial charge in [0, 0.05) is 18.5 Å². The zero-order chi connectivity index (χ0) is 13.8. The largest absolute Gasteiger partial charge is 0.383 e. The van der Waals surface area contributed by atoms with Crippen molar-refractivity contribution in [1.29, 1.82) is 0 Å². The molecule has 0 aliphatic heterocycles. The smallest absolute Gasteiger partial charge is 0.134 e. The topological polar surface area (TPSA) is 63.8 Å². The van der Waals surface area contributed by atoms with Crippen LogP contribution < -0.4 is 11.1 Å². The lowest BCUT2D eigenvalue weighted by atomic mass is 9.83. The maximum Gasteiger partial charge on any atom is 0.134 e. The first-order valence-electron chi connectivity index (χ1n) is 7.47. The summed E-state index contributed by atoms with van der Waals surface area (Å²) in [6.45, 7) is 7.40. The summed E-state index contributed by atoms with van der Waals surface area (Å²) in [7, 11) is 0. The average molecular weight is 262 g/mol. The van der Waals surface area contributed by atoms with E-state index in [9.17, 15) is 0 Å². The van der Waals surface area contributed by atoms with E-state index in [-0.39, 0.29) is 0 Å². The highest BCUT2D eigenvalue weighted by Gasteiger charge is 2.18. The summed E-state index contributed by atoms with van der Waals surface area (Å²) in [5, 5.41) is 3.48. The molecule has 0 atom stereocenters. The van der Waals surface area contributed by atoms with Crippen molar-refractivity contribution < 1.29 is 0 Å². The van der Waals surface area contributed by atoms with Crippen molar-refractivity contribution >= 4 is 11.6 Å². The van der Waals surface area contributed by atoms with Gasteiger partial charge in [-0.2, -0.15) is 0 Å². The molecule has 19 heavy (non-hydrogen) atoms. The van der Waals surface area contributed by atoms with Crippen LogP contribution in [0, 0.1) is 18.8 Å². The number of nitrogen functional groups attached to an aromatic ring is 1. The molecule has 1 aliphatic rings. The van der Waals surface area contributed by atoms with Crippen molar-refractivity contribution in [3.05, 3.63) is 11.4 Å². The fraction of sp³-hybridized carbons (Fsp3) is 0.733. The van der Waals surface area contributed by atoms with Gasteiger partial charge in [0.25, 0.3) is 0 Å². The van der Waals surface area contributed by atoms with Gasteiger partial charge in [0.2, 0.25) is 0 Å². The highest BCUT2D eigenvalue weighted by Crippen LogP contribution is 2.28. The van der Waals surface area contributed by atoms with E-state index in [1.807, 2.05) is 6.92 Å². The summed E-state index contributed by atoms with van der Waals surface area (Å²) in [5.74, 6) is 4.02. The normalized spacial score (nSPS) is 23.3. The zero-order valence-electron chi connectivity index (χ0n) is 12.4. The van der Waals surface area contributed by atoms with E-state index in [1.165, 1.54) is 25.7 Å². The third-order valence-corrected chi connectivity index (χ3v) is 4.24. The maximum atomic E-state index is 5.93. The summed E-state index contributed by atoms with van der Waals surface area (Å²) in [4.78, 5) is 8.83. The van der Waals surface area contributed by atoms with E-state index in [2.05, 4.69) is 29.1 Å². The van der Waals surface area contributed by atoms with Crippen LogP contribution in [0.5, 0.6) is 0 Å². The first-order chi connectivity index (χ1) is 9.10. The third-order valence-electron chi connectivity index (χ3n) is 4.24. The molecule has 1 heterocycles. The SMILES string of the molecule is CCc1nc(N)c(C)c(NCC2CCC(C)CC2)n1. The summed E-state index contributed by atoms with van der Waals surface area (Å²) in [6, 6.07) is 0. The molecule has 2 rings (SSSR count). The summed E-state index contributed by atoms with van der Waals surface area (Å²) in [6.07, 6.45) is 6.19. The Morgan fingerprint density at radius 3 is 2.53 bits per heavy atom. The summed E-state index contributed by atoms with van der Waals surface area (Å²) in [5.41, 5.74) is 6.91. The standard InChI is InChI=1S/C15H26N4/c1-4-13-18-14(16)11(3)15(19-13)17-9-12-7-5-10(2)6-8-12/h10,12H,4-9H2,1-3H3,(H3,16,17,18,19). The molecule has 0 saturated heterocycles. The van der Waals surface area contributed by atoms with Crippen LogP contribution >= 0.6 is 0 Å². The third kappa shape index (κ3) is 3.58. The number of hydrogen-bond donors (Lipinski definition) is 2. The maximum absolute atomic E-state index is 5.93. The van der Waals surface area contributed by atoms with Crippen LogP contribution in [0.25, 0.3) is 0 Å². The van der Waals surface area contributed by atoms with Gasteiger partial charge in [-0.25, -0.2) is 9.97 Å². The molecule has 0 spiro atoms. The lowest BCUT2D eigenvalue weighted by Crippen LogP contribution is -2.21. The molecule has 0 unspecified atom stereocenters. The Hall–Kier alpha value is -1.32. The number of nitrogens with zero attached hydrogens (tertiary/aromatic N) is 2. The molecule has 3 N–H and O–H groups in total. The molecule has 0 amide bonds. The first kappa shape index (κ1) is 14.1. The van der Waals surface area contributed by atoms with Crippen molar-refractivity contribution in [2.24, 2.45) is 11.8 Å². The molecule has 4 nitrogen and oxygen atoms in total. The van der Waals surface area contributed by atoms with E-state index in [0.29, 0.717) is 5.82 Å². The van der Waals surface area contributed by atoms with E-state index in [1.54, 1.807) is 0 Å². The van der Waals surface area contributed by atoms with Crippen LogP contribution in [0.15, 0.2) is 0 Å². The average Bonchev–Trinajstić information content (AvgIpc) is 2.42. The second kappa shape index (κ2) is 6.22. The Morgan fingerprint density at radius 2 is 1.89 bits per heavy atom. The second-order valence-electron chi connectivity index (χ2n) is 5.86. The predicted octanol–water partition coefficient (Wildman–Crippen LogP) is 3.17. The van der Waals surface area contributed by atoms with Crippen LogP contribution in [0.4, 0.5) is 11.6 Å². The Kier molecular flexibility index (Phi) is 4.61. The fourth-order valence-electron chi connectivity index (χ4n) is 2.69. The predicted molar refractivity (Wildman–Crippen MR) is 80.2 cm³/mol. The quantitative estimate of drug-likeness (QED) is 0.875. The van der Waals surface area contributed by atoms with Gasteiger partial charge in [-0.15, -0.1) is 0 Å². The molecule has 1 aromatic rings. The molecular formula is C15H26N4. The van der Waals surface area contributed by atoms with E-state index < -0.39 is 0 Å². The summed E-state index contributed by atoms with van der Waals surface area (Å²) < 4.78 is 0. The Morgan fingerprint density at radius 1 is 1.21 bits per heavy atom. The van der Waals surface area contributed by atoms with Crippen molar-refractivity contribution in [1.82, 2.24) is 9.97 Å². The molecule has 106 valence electrons. The Labute approximate surface area is 116 Å². The number of nitrogens with two attached hydrogens (primary N) is 1. The van der Waals surface area contributed by atoms with Crippen LogP contribution in [0.3, 0.4) is 0 Å². The molecule has 1 aliphatic carbocycles.